The van der Waals surface area contributed by atoms with E-state index in [2.05, 4.69) is 12.2 Å². The van der Waals surface area contributed by atoms with Crippen LogP contribution in [-0.2, 0) is 10.2 Å². The monoisotopic (exact) mass is 317 g/mol. The van der Waals surface area contributed by atoms with Crippen molar-refractivity contribution in [1.29, 1.82) is 0 Å². The Kier molecular flexibility index (Phi) is 5.68. The van der Waals surface area contributed by atoms with Gasteiger partial charge >= 0.3 is 0 Å². The fraction of sp³-hybridized carbons (Fsp3) is 1.00. The molecule has 6 heteroatoms. The van der Waals surface area contributed by atoms with E-state index in [-0.39, 0.29) is 5.54 Å². The number of piperidine rings is 1. The number of nitrogens with zero attached hydrogens (tertiary/aromatic N) is 2. The zero-order valence-corrected chi connectivity index (χ0v) is 14.6. The van der Waals surface area contributed by atoms with Gasteiger partial charge in [-0.3, -0.25) is 0 Å². The maximum absolute atomic E-state index is 12.8. The Morgan fingerprint density at radius 1 is 1.19 bits per heavy atom. The van der Waals surface area contributed by atoms with Gasteiger partial charge in [0.1, 0.15) is 0 Å². The van der Waals surface area contributed by atoms with Gasteiger partial charge in [-0.1, -0.05) is 6.92 Å². The average Bonchev–Trinajstić information content (AvgIpc) is 2.80. The molecule has 0 aromatic rings. The molecular formula is C15H31N3O2S. The van der Waals surface area contributed by atoms with Crippen molar-refractivity contribution in [1.82, 2.24) is 13.9 Å². The van der Waals surface area contributed by atoms with E-state index in [4.69, 9.17) is 0 Å². The standard InChI is InChI=1S/C15H31N3O2S/c1-4-9-16-13-14-6-11-17(12-7-14)21(19,20)18-10-5-8-15(18,2)3/h14,16H,4-13H2,1-3H3. The first-order valence-corrected chi connectivity index (χ1v) is 9.76. The van der Waals surface area contributed by atoms with Crippen molar-refractivity contribution in [3.8, 4) is 0 Å². The molecule has 2 fully saturated rings. The molecule has 5 nitrogen and oxygen atoms in total. The molecule has 0 aromatic heterocycles. The molecule has 0 radical (unpaired) electrons. The summed E-state index contributed by atoms with van der Waals surface area (Å²) in [5.74, 6) is 0.620. The predicted octanol–water partition coefficient (Wildman–Crippen LogP) is 1.82. The van der Waals surface area contributed by atoms with Gasteiger partial charge in [0.2, 0.25) is 0 Å². The molecule has 0 saturated carbocycles. The normalized spacial score (nSPS) is 25.5. The Morgan fingerprint density at radius 2 is 1.86 bits per heavy atom. The number of rotatable bonds is 6. The van der Waals surface area contributed by atoms with Gasteiger partial charge in [-0.25, -0.2) is 0 Å². The molecule has 2 aliphatic heterocycles. The van der Waals surface area contributed by atoms with Crippen molar-refractivity contribution in [2.24, 2.45) is 5.92 Å². The SMILES string of the molecule is CCCNCC1CCN(S(=O)(=O)N2CCCC2(C)C)CC1. The van der Waals surface area contributed by atoms with Crippen LogP contribution in [0.15, 0.2) is 0 Å². The second-order valence-electron chi connectivity index (χ2n) is 7.04. The highest BCUT2D eigenvalue weighted by molar-refractivity contribution is 7.86. The molecule has 2 rings (SSSR count). The smallest absolute Gasteiger partial charge is 0.282 e. The van der Waals surface area contributed by atoms with Crippen LogP contribution in [0.25, 0.3) is 0 Å². The van der Waals surface area contributed by atoms with Crippen LogP contribution >= 0.6 is 0 Å². The van der Waals surface area contributed by atoms with Crippen molar-refractivity contribution in [2.45, 2.75) is 58.4 Å². The lowest BCUT2D eigenvalue weighted by Crippen LogP contribution is -2.52. The van der Waals surface area contributed by atoms with Crippen LogP contribution in [0, 0.1) is 5.92 Å². The van der Waals surface area contributed by atoms with Crippen molar-refractivity contribution in [2.75, 3.05) is 32.7 Å². The summed E-state index contributed by atoms with van der Waals surface area (Å²) in [5, 5.41) is 3.45. The average molecular weight is 317 g/mol. The molecule has 0 aliphatic carbocycles. The fourth-order valence-electron chi connectivity index (χ4n) is 3.48. The largest absolute Gasteiger partial charge is 0.316 e. The summed E-state index contributed by atoms with van der Waals surface area (Å²) in [6, 6.07) is 0. The molecule has 0 bridgehead atoms. The van der Waals surface area contributed by atoms with Gasteiger partial charge in [-0.05, 0) is 65.0 Å². The highest BCUT2D eigenvalue weighted by Gasteiger charge is 2.43. The summed E-state index contributed by atoms with van der Waals surface area (Å²) in [4.78, 5) is 0. The predicted molar refractivity (Wildman–Crippen MR) is 86.4 cm³/mol. The molecule has 0 atom stereocenters. The van der Waals surface area contributed by atoms with Gasteiger partial charge in [0, 0.05) is 25.2 Å². The summed E-state index contributed by atoms with van der Waals surface area (Å²) in [5.41, 5.74) is -0.224. The highest BCUT2D eigenvalue weighted by atomic mass is 32.2. The summed E-state index contributed by atoms with van der Waals surface area (Å²) < 4.78 is 29.0. The van der Waals surface area contributed by atoms with Gasteiger partial charge in [0.05, 0.1) is 0 Å². The van der Waals surface area contributed by atoms with E-state index in [9.17, 15) is 8.42 Å². The molecule has 0 aromatic carbocycles. The molecule has 0 unspecified atom stereocenters. The lowest BCUT2D eigenvalue weighted by Gasteiger charge is -2.38. The zero-order valence-electron chi connectivity index (χ0n) is 13.8. The summed E-state index contributed by atoms with van der Waals surface area (Å²) in [6.07, 6.45) is 5.04. The van der Waals surface area contributed by atoms with Gasteiger partial charge in [-0.15, -0.1) is 0 Å². The second kappa shape index (κ2) is 6.94. The van der Waals surface area contributed by atoms with Crippen LogP contribution in [-0.4, -0.2) is 55.3 Å². The number of hydrogen-bond donors (Lipinski definition) is 1. The first-order valence-electron chi connectivity index (χ1n) is 8.36. The van der Waals surface area contributed by atoms with E-state index in [1.807, 2.05) is 13.8 Å². The van der Waals surface area contributed by atoms with Crippen LogP contribution in [0.2, 0.25) is 0 Å². The van der Waals surface area contributed by atoms with E-state index in [0.29, 0.717) is 25.6 Å². The first kappa shape index (κ1) is 17.2. The molecule has 2 aliphatic rings. The lowest BCUT2D eigenvalue weighted by atomic mass is 9.98. The molecule has 0 amide bonds. The Hall–Kier alpha value is -0.170. The van der Waals surface area contributed by atoms with E-state index in [0.717, 1.165) is 45.2 Å². The van der Waals surface area contributed by atoms with Crippen LogP contribution in [0.1, 0.15) is 52.9 Å². The minimum absolute atomic E-state index is 0.224. The van der Waals surface area contributed by atoms with E-state index in [1.54, 1.807) is 8.61 Å². The van der Waals surface area contributed by atoms with Crippen LogP contribution < -0.4 is 5.32 Å². The fourth-order valence-corrected chi connectivity index (χ4v) is 5.50. The second-order valence-corrected chi connectivity index (χ2v) is 8.90. The van der Waals surface area contributed by atoms with Gasteiger partial charge in [0.25, 0.3) is 10.2 Å². The van der Waals surface area contributed by atoms with Crippen molar-refractivity contribution in [3.63, 3.8) is 0 Å². The third-order valence-electron chi connectivity index (χ3n) is 4.86. The first-order chi connectivity index (χ1) is 9.88. The molecule has 1 N–H and O–H groups in total. The van der Waals surface area contributed by atoms with Gasteiger partial charge in [0.15, 0.2) is 0 Å². The third-order valence-corrected chi connectivity index (χ3v) is 7.11. The zero-order chi connectivity index (χ0) is 15.5. The van der Waals surface area contributed by atoms with Crippen molar-refractivity contribution in [3.05, 3.63) is 0 Å². The van der Waals surface area contributed by atoms with Gasteiger partial charge in [-0.2, -0.15) is 17.0 Å². The Balaban J connectivity index is 1.89. The molecule has 0 spiro atoms. The van der Waals surface area contributed by atoms with Crippen LogP contribution in [0.3, 0.4) is 0 Å². The van der Waals surface area contributed by atoms with E-state index >= 15 is 0 Å². The van der Waals surface area contributed by atoms with Crippen LogP contribution in [0.4, 0.5) is 0 Å². The molecule has 2 saturated heterocycles. The van der Waals surface area contributed by atoms with Crippen molar-refractivity contribution >= 4 is 10.2 Å². The Bertz CT molecular complexity index is 428. The molecule has 124 valence electrons. The third kappa shape index (κ3) is 3.97. The summed E-state index contributed by atoms with van der Waals surface area (Å²) in [6.45, 7) is 10.4. The highest BCUT2D eigenvalue weighted by Crippen LogP contribution is 2.33. The molecule has 21 heavy (non-hydrogen) atoms. The van der Waals surface area contributed by atoms with E-state index < -0.39 is 10.2 Å². The maximum Gasteiger partial charge on any atom is 0.282 e. The minimum Gasteiger partial charge on any atom is -0.316 e. The minimum atomic E-state index is -3.27. The van der Waals surface area contributed by atoms with Crippen LogP contribution in [0.5, 0.6) is 0 Å². The summed E-state index contributed by atoms with van der Waals surface area (Å²) in [7, 11) is -3.27. The number of nitrogens with one attached hydrogen (secondary N) is 1. The molecule has 2 heterocycles. The van der Waals surface area contributed by atoms with Crippen molar-refractivity contribution < 1.29 is 8.42 Å². The number of hydrogen-bond acceptors (Lipinski definition) is 3. The van der Waals surface area contributed by atoms with Gasteiger partial charge < -0.3 is 5.32 Å². The summed E-state index contributed by atoms with van der Waals surface area (Å²) >= 11 is 0. The topological polar surface area (TPSA) is 52.7 Å². The van der Waals surface area contributed by atoms with E-state index in [1.165, 1.54) is 0 Å². The lowest BCUT2D eigenvalue weighted by molar-refractivity contribution is 0.225. The maximum atomic E-state index is 12.8. The Labute approximate surface area is 130 Å². The molecular weight excluding hydrogens is 286 g/mol. The Morgan fingerprint density at radius 3 is 2.38 bits per heavy atom. The quantitative estimate of drug-likeness (QED) is 0.760.